The smallest absolute Gasteiger partial charge is 0.306 e. The number of carbonyl (C=O) groups is 2. The fourth-order valence-corrected chi connectivity index (χ4v) is 2.86. The summed E-state index contributed by atoms with van der Waals surface area (Å²) >= 11 is 0. The predicted molar refractivity (Wildman–Crippen MR) is 80.1 cm³/mol. The molecule has 0 heterocycles. The van der Waals surface area contributed by atoms with Gasteiger partial charge in [-0.1, -0.05) is 36.4 Å². The average Bonchev–Trinajstić information content (AvgIpc) is 2.44. The van der Waals surface area contributed by atoms with Crippen LogP contribution in [0.25, 0.3) is 10.8 Å². The first-order chi connectivity index (χ1) is 10.1. The van der Waals surface area contributed by atoms with E-state index in [1.807, 2.05) is 42.5 Å². The fraction of sp³-hybridized carbons (Fsp3) is 0.294. The van der Waals surface area contributed by atoms with Gasteiger partial charge in [0, 0.05) is 12.1 Å². The van der Waals surface area contributed by atoms with Gasteiger partial charge in [-0.3, -0.25) is 9.59 Å². The molecule has 3 rings (SSSR count). The summed E-state index contributed by atoms with van der Waals surface area (Å²) < 4.78 is 0. The molecule has 4 nitrogen and oxygen atoms in total. The third-order valence-corrected chi connectivity index (χ3v) is 4.17. The van der Waals surface area contributed by atoms with Crippen LogP contribution < -0.4 is 5.32 Å². The zero-order valence-electron chi connectivity index (χ0n) is 11.6. The minimum Gasteiger partial charge on any atom is -0.481 e. The Balaban J connectivity index is 1.64. The molecular weight excluding hydrogens is 266 g/mol. The lowest BCUT2D eigenvalue weighted by molar-refractivity contribution is -0.146. The molecule has 0 aromatic heterocycles. The van der Waals surface area contributed by atoms with Gasteiger partial charge in [-0.15, -0.1) is 0 Å². The molecule has 0 atom stereocenters. The molecule has 1 aliphatic carbocycles. The molecule has 0 unspecified atom stereocenters. The Hall–Kier alpha value is -2.36. The van der Waals surface area contributed by atoms with E-state index in [1.54, 1.807) is 0 Å². The van der Waals surface area contributed by atoms with E-state index in [0.29, 0.717) is 24.9 Å². The van der Waals surface area contributed by atoms with Crippen LogP contribution in [-0.2, 0) is 4.79 Å². The number of carbonyl (C=O) groups excluding carboxylic acids is 1. The lowest BCUT2D eigenvalue weighted by Gasteiger charge is -2.32. The minimum absolute atomic E-state index is 0.0921. The van der Waals surface area contributed by atoms with E-state index < -0.39 is 5.97 Å². The van der Waals surface area contributed by atoms with Gasteiger partial charge < -0.3 is 10.4 Å². The van der Waals surface area contributed by atoms with Crippen molar-refractivity contribution in [1.29, 1.82) is 0 Å². The number of benzene rings is 2. The van der Waals surface area contributed by atoms with Gasteiger partial charge in [0.15, 0.2) is 0 Å². The largest absolute Gasteiger partial charge is 0.481 e. The van der Waals surface area contributed by atoms with Crippen molar-refractivity contribution >= 4 is 22.6 Å². The maximum atomic E-state index is 12.3. The average molecular weight is 283 g/mol. The number of nitrogens with one attached hydrogen (secondary N) is 1. The van der Waals surface area contributed by atoms with Crippen molar-refractivity contribution in [3.8, 4) is 0 Å². The molecule has 1 fully saturated rings. The number of hydrogen-bond donors (Lipinski definition) is 2. The second kappa shape index (κ2) is 5.56. The molecule has 1 saturated carbocycles. The Morgan fingerprint density at radius 3 is 2.57 bits per heavy atom. The summed E-state index contributed by atoms with van der Waals surface area (Å²) in [4.78, 5) is 23.0. The van der Waals surface area contributed by atoms with Crippen molar-refractivity contribution in [1.82, 2.24) is 5.32 Å². The summed E-state index contributed by atoms with van der Waals surface area (Å²) in [5.41, 5.74) is 0.669. The van der Waals surface area contributed by atoms with E-state index in [4.69, 9.17) is 5.11 Å². The Morgan fingerprint density at radius 1 is 1.10 bits per heavy atom. The summed E-state index contributed by atoms with van der Waals surface area (Å²) in [6.07, 6.45) is 1.32. The van der Waals surface area contributed by atoms with Gasteiger partial charge in [0.2, 0.25) is 0 Å². The molecule has 1 aliphatic rings. The highest BCUT2D eigenvalue weighted by molar-refractivity contribution is 6.07. The Bertz CT molecular complexity index is 684. The van der Waals surface area contributed by atoms with Crippen molar-refractivity contribution in [2.45, 2.75) is 12.8 Å². The molecule has 2 aromatic rings. The first-order valence-electron chi connectivity index (χ1n) is 7.14. The van der Waals surface area contributed by atoms with Crippen LogP contribution in [0.15, 0.2) is 42.5 Å². The van der Waals surface area contributed by atoms with E-state index in [0.717, 1.165) is 10.8 Å². The standard InChI is InChI=1S/C17H17NO3/c19-16(18-10-11-8-13(9-11)17(20)21)15-7-3-5-12-4-1-2-6-14(12)15/h1-7,11,13H,8-10H2,(H,18,19)(H,20,21). The summed E-state index contributed by atoms with van der Waals surface area (Å²) in [5.74, 6) is -0.772. The van der Waals surface area contributed by atoms with Gasteiger partial charge in [0.25, 0.3) is 5.91 Å². The van der Waals surface area contributed by atoms with Crippen LogP contribution in [0.1, 0.15) is 23.2 Å². The molecule has 2 aromatic carbocycles. The lowest BCUT2D eigenvalue weighted by atomic mass is 9.75. The number of carboxylic acid groups (broad SMARTS) is 1. The van der Waals surface area contributed by atoms with Crippen molar-refractivity contribution in [2.75, 3.05) is 6.54 Å². The van der Waals surface area contributed by atoms with Crippen LogP contribution >= 0.6 is 0 Å². The topological polar surface area (TPSA) is 66.4 Å². The third-order valence-electron chi connectivity index (χ3n) is 4.17. The minimum atomic E-state index is -0.730. The molecule has 1 amide bonds. The van der Waals surface area contributed by atoms with Gasteiger partial charge in [0.05, 0.1) is 5.92 Å². The Labute approximate surface area is 122 Å². The van der Waals surface area contributed by atoms with E-state index >= 15 is 0 Å². The van der Waals surface area contributed by atoms with E-state index in [-0.39, 0.29) is 17.7 Å². The number of rotatable bonds is 4. The van der Waals surface area contributed by atoms with Crippen molar-refractivity contribution in [3.05, 3.63) is 48.0 Å². The second-order valence-electron chi connectivity index (χ2n) is 5.61. The summed E-state index contributed by atoms with van der Waals surface area (Å²) in [6.45, 7) is 0.547. The molecule has 0 bridgehead atoms. The molecular formula is C17H17NO3. The van der Waals surface area contributed by atoms with Gasteiger partial charge in [-0.25, -0.2) is 0 Å². The first kappa shape index (κ1) is 13.6. The first-order valence-corrected chi connectivity index (χ1v) is 7.14. The van der Waals surface area contributed by atoms with Crippen LogP contribution in [0.4, 0.5) is 0 Å². The Morgan fingerprint density at radius 2 is 1.81 bits per heavy atom. The van der Waals surface area contributed by atoms with Crippen LogP contribution in [0.5, 0.6) is 0 Å². The highest BCUT2D eigenvalue weighted by Gasteiger charge is 2.34. The normalized spacial score (nSPS) is 20.8. The highest BCUT2D eigenvalue weighted by atomic mass is 16.4. The number of carboxylic acids is 1. The van der Waals surface area contributed by atoms with Crippen LogP contribution in [0.2, 0.25) is 0 Å². The summed E-state index contributed by atoms with van der Waals surface area (Å²) in [7, 11) is 0. The van der Waals surface area contributed by atoms with E-state index in [1.165, 1.54) is 0 Å². The SMILES string of the molecule is O=C(NCC1CC(C(=O)O)C1)c1cccc2ccccc12. The number of hydrogen-bond acceptors (Lipinski definition) is 2. The maximum absolute atomic E-state index is 12.3. The molecule has 2 N–H and O–H groups in total. The molecule has 0 aliphatic heterocycles. The van der Waals surface area contributed by atoms with E-state index in [9.17, 15) is 9.59 Å². The van der Waals surface area contributed by atoms with Crippen molar-refractivity contribution in [2.24, 2.45) is 11.8 Å². The zero-order chi connectivity index (χ0) is 14.8. The van der Waals surface area contributed by atoms with Gasteiger partial charge in [-0.2, -0.15) is 0 Å². The fourth-order valence-electron chi connectivity index (χ4n) is 2.86. The molecule has 21 heavy (non-hydrogen) atoms. The van der Waals surface area contributed by atoms with E-state index in [2.05, 4.69) is 5.32 Å². The monoisotopic (exact) mass is 283 g/mol. The summed E-state index contributed by atoms with van der Waals surface area (Å²) in [6, 6.07) is 13.5. The van der Waals surface area contributed by atoms with Crippen LogP contribution in [-0.4, -0.2) is 23.5 Å². The number of fused-ring (bicyclic) bond motifs is 1. The van der Waals surface area contributed by atoms with Crippen LogP contribution in [0.3, 0.4) is 0 Å². The highest BCUT2D eigenvalue weighted by Crippen LogP contribution is 2.33. The van der Waals surface area contributed by atoms with Crippen molar-refractivity contribution in [3.63, 3.8) is 0 Å². The zero-order valence-corrected chi connectivity index (χ0v) is 11.6. The molecule has 0 radical (unpaired) electrons. The van der Waals surface area contributed by atoms with Gasteiger partial charge in [-0.05, 0) is 35.6 Å². The molecule has 0 saturated heterocycles. The number of aliphatic carboxylic acids is 1. The second-order valence-corrected chi connectivity index (χ2v) is 5.61. The van der Waals surface area contributed by atoms with Crippen molar-refractivity contribution < 1.29 is 14.7 Å². The van der Waals surface area contributed by atoms with Gasteiger partial charge in [0.1, 0.15) is 0 Å². The van der Waals surface area contributed by atoms with Gasteiger partial charge >= 0.3 is 5.97 Å². The van der Waals surface area contributed by atoms with Crippen LogP contribution in [0, 0.1) is 11.8 Å². The quantitative estimate of drug-likeness (QED) is 0.906. The Kier molecular flexibility index (Phi) is 3.60. The predicted octanol–water partition coefficient (Wildman–Crippen LogP) is 2.68. The third kappa shape index (κ3) is 2.75. The summed E-state index contributed by atoms with van der Waals surface area (Å²) in [5, 5.41) is 13.7. The maximum Gasteiger partial charge on any atom is 0.306 e. The molecule has 108 valence electrons. The molecule has 0 spiro atoms. The lowest BCUT2D eigenvalue weighted by Crippen LogP contribution is -2.38. The number of amides is 1. The molecule has 4 heteroatoms.